The Morgan fingerprint density at radius 3 is 2.70 bits per heavy atom. The van der Waals surface area contributed by atoms with Crippen LogP contribution < -0.4 is 15.4 Å². The highest BCUT2D eigenvalue weighted by Crippen LogP contribution is 2.27. The van der Waals surface area contributed by atoms with Gasteiger partial charge in [-0.1, -0.05) is 11.6 Å². The molecule has 0 atom stereocenters. The summed E-state index contributed by atoms with van der Waals surface area (Å²) in [4.78, 5) is 27.0. The Balaban J connectivity index is 2.07. The van der Waals surface area contributed by atoms with Gasteiger partial charge in [-0.25, -0.2) is 5.10 Å². The summed E-state index contributed by atoms with van der Waals surface area (Å²) < 4.78 is 5.05. The molecule has 3 N–H and O–H groups in total. The largest absolute Gasteiger partial charge is 0.495 e. The normalized spacial score (nSPS) is 9.90. The van der Waals surface area contributed by atoms with Gasteiger partial charge in [0.15, 0.2) is 0 Å². The number of nitrogens with zero attached hydrogens (tertiary/aromatic N) is 2. The van der Waals surface area contributed by atoms with Crippen molar-refractivity contribution >= 4 is 35.1 Å². The Bertz CT molecular complexity index is 629. The van der Waals surface area contributed by atoms with Crippen molar-refractivity contribution in [2.75, 3.05) is 17.7 Å². The third kappa shape index (κ3) is 3.23. The zero-order valence-corrected chi connectivity index (χ0v) is 11.1. The fourth-order valence-electron chi connectivity index (χ4n) is 1.39. The zero-order chi connectivity index (χ0) is 14.5. The SMILES string of the molecule is COc1ccc(Cl)cc1NC(=O)C(=O)Nc1ncn[nH]1. The zero-order valence-electron chi connectivity index (χ0n) is 10.3. The molecule has 2 rings (SSSR count). The lowest BCUT2D eigenvalue weighted by atomic mass is 10.3. The van der Waals surface area contributed by atoms with E-state index in [9.17, 15) is 9.59 Å². The number of carbonyl (C=O) groups excluding carboxylic acids is 2. The number of H-pyrrole nitrogens is 1. The van der Waals surface area contributed by atoms with Gasteiger partial charge in [0, 0.05) is 5.02 Å². The van der Waals surface area contributed by atoms with Gasteiger partial charge in [0.05, 0.1) is 12.8 Å². The number of rotatable bonds is 3. The van der Waals surface area contributed by atoms with Gasteiger partial charge >= 0.3 is 11.8 Å². The van der Waals surface area contributed by atoms with E-state index in [1.54, 1.807) is 12.1 Å². The summed E-state index contributed by atoms with van der Waals surface area (Å²) in [5, 5.41) is 11.0. The number of hydrogen-bond donors (Lipinski definition) is 3. The first kappa shape index (κ1) is 13.8. The number of aromatic nitrogens is 3. The van der Waals surface area contributed by atoms with E-state index in [0.717, 1.165) is 0 Å². The van der Waals surface area contributed by atoms with Crippen molar-refractivity contribution in [3.8, 4) is 5.75 Å². The molecular weight excluding hydrogens is 286 g/mol. The standard InChI is InChI=1S/C11H10ClN5O3/c1-20-8-3-2-6(12)4-7(8)15-9(18)10(19)16-11-13-5-14-17-11/h2-5H,1H3,(H,15,18)(H2,13,14,16,17,19). The van der Waals surface area contributed by atoms with Crippen LogP contribution >= 0.6 is 11.6 Å². The van der Waals surface area contributed by atoms with Crippen LogP contribution in [0.15, 0.2) is 24.5 Å². The highest BCUT2D eigenvalue weighted by molar-refractivity contribution is 6.43. The number of carbonyl (C=O) groups is 2. The molecule has 0 saturated heterocycles. The Morgan fingerprint density at radius 2 is 2.05 bits per heavy atom. The van der Waals surface area contributed by atoms with Crippen LogP contribution in [-0.4, -0.2) is 34.1 Å². The van der Waals surface area contributed by atoms with E-state index in [-0.39, 0.29) is 11.6 Å². The molecule has 2 amide bonds. The molecule has 1 aromatic carbocycles. The van der Waals surface area contributed by atoms with Crippen molar-refractivity contribution in [1.29, 1.82) is 0 Å². The average Bonchev–Trinajstić information content (AvgIpc) is 2.91. The lowest BCUT2D eigenvalue weighted by Gasteiger charge is -2.09. The van der Waals surface area contributed by atoms with Gasteiger partial charge in [-0.15, -0.1) is 0 Å². The monoisotopic (exact) mass is 295 g/mol. The molecule has 104 valence electrons. The number of methoxy groups -OCH3 is 1. The molecule has 1 aromatic heterocycles. The summed E-state index contributed by atoms with van der Waals surface area (Å²) in [6.07, 6.45) is 1.20. The van der Waals surface area contributed by atoms with Gasteiger partial charge in [-0.05, 0) is 18.2 Å². The van der Waals surface area contributed by atoms with Gasteiger partial charge in [-0.3, -0.25) is 14.9 Å². The average molecular weight is 296 g/mol. The van der Waals surface area contributed by atoms with E-state index in [4.69, 9.17) is 16.3 Å². The van der Waals surface area contributed by atoms with Crippen molar-refractivity contribution < 1.29 is 14.3 Å². The molecule has 0 unspecified atom stereocenters. The third-order valence-electron chi connectivity index (χ3n) is 2.26. The van der Waals surface area contributed by atoms with E-state index in [0.29, 0.717) is 10.8 Å². The molecular formula is C11H10ClN5O3. The quantitative estimate of drug-likeness (QED) is 0.733. The van der Waals surface area contributed by atoms with Crippen LogP contribution in [-0.2, 0) is 9.59 Å². The lowest BCUT2D eigenvalue weighted by molar-refractivity contribution is -0.133. The molecule has 0 aliphatic carbocycles. The van der Waals surface area contributed by atoms with Gasteiger partial charge in [0.1, 0.15) is 12.1 Å². The molecule has 0 aliphatic rings. The van der Waals surface area contributed by atoms with Crippen molar-refractivity contribution in [3.05, 3.63) is 29.5 Å². The predicted molar refractivity (Wildman–Crippen MR) is 71.6 cm³/mol. The summed E-state index contributed by atoms with van der Waals surface area (Å²) in [6, 6.07) is 4.65. The molecule has 0 saturated carbocycles. The Morgan fingerprint density at radius 1 is 1.30 bits per heavy atom. The Hall–Kier alpha value is -2.61. The van der Waals surface area contributed by atoms with E-state index >= 15 is 0 Å². The second-order valence-electron chi connectivity index (χ2n) is 3.59. The molecule has 8 nitrogen and oxygen atoms in total. The first-order valence-electron chi connectivity index (χ1n) is 5.41. The molecule has 20 heavy (non-hydrogen) atoms. The Kier molecular flexibility index (Phi) is 4.16. The summed E-state index contributed by atoms with van der Waals surface area (Å²) in [5.41, 5.74) is 0.290. The molecule has 9 heteroatoms. The van der Waals surface area contributed by atoms with Gasteiger partial charge < -0.3 is 10.1 Å². The number of nitrogens with one attached hydrogen (secondary N) is 3. The number of aromatic amines is 1. The maximum absolute atomic E-state index is 11.7. The van der Waals surface area contributed by atoms with Gasteiger partial charge in [0.25, 0.3) is 0 Å². The minimum Gasteiger partial charge on any atom is -0.495 e. The van der Waals surface area contributed by atoms with Gasteiger partial charge in [0.2, 0.25) is 5.95 Å². The summed E-state index contributed by atoms with van der Waals surface area (Å²) >= 11 is 5.82. The fourth-order valence-corrected chi connectivity index (χ4v) is 1.56. The molecule has 2 aromatic rings. The van der Waals surface area contributed by atoms with Crippen LogP contribution in [0, 0.1) is 0 Å². The number of amides is 2. The number of benzene rings is 1. The van der Waals surface area contributed by atoms with E-state index in [1.807, 2.05) is 0 Å². The second-order valence-corrected chi connectivity index (χ2v) is 4.02. The Labute approximate surface area is 118 Å². The maximum atomic E-state index is 11.7. The van der Waals surface area contributed by atoms with E-state index in [2.05, 4.69) is 25.8 Å². The molecule has 0 fully saturated rings. The summed E-state index contributed by atoms with van der Waals surface area (Å²) in [7, 11) is 1.44. The van der Waals surface area contributed by atoms with Crippen LogP contribution in [0.1, 0.15) is 0 Å². The summed E-state index contributed by atoms with van der Waals surface area (Å²) in [5.74, 6) is -1.33. The number of ether oxygens (including phenoxy) is 1. The predicted octanol–water partition coefficient (Wildman–Crippen LogP) is 1.04. The maximum Gasteiger partial charge on any atom is 0.316 e. The minimum absolute atomic E-state index is 0.0724. The van der Waals surface area contributed by atoms with Crippen molar-refractivity contribution in [3.63, 3.8) is 0 Å². The molecule has 0 bridgehead atoms. The highest BCUT2D eigenvalue weighted by atomic mass is 35.5. The van der Waals surface area contributed by atoms with Crippen LogP contribution in [0.2, 0.25) is 5.02 Å². The molecule has 0 aliphatic heterocycles. The van der Waals surface area contributed by atoms with Crippen LogP contribution in [0.4, 0.5) is 11.6 Å². The van der Waals surface area contributed by atoms with Crippen molar-refractivity contribution in [1.82, 2.24) is 15.2 Å². The topological polar surface area (TPSA) is 109 Å². The first-order chi connectivity index (χ1) is 9.60. The second kappa shape index (κ2) is 6.02. The van der Waals surface area contributed by atoms with Gasteiger partial charge in [-0.2, -0.15) is 10.1 Å². The molecule has 0 spiro atoms. The van der Waals surface area contributed by atoms with Crippen LogP contribution in [0.5, 0.6) is 5.75 Å². The fraction of sp³-hybridized carbons (Fsp3) is 0.0909. The molecule has 1 heterocycles. The number of anilines is 2. The molecule has 0 radical (unpaired) electrons. The van der Waals surface area contributed by atoms with E-state index < -0.39 is 11.8 Å². The number of hydrogen-bond acceptors (Lipinski definition) is 5. The lowest BCUT2D eigenvalue weighted by Crippen LogP contribution is -2.29. The summed E-state index contributed by atoms with van der Waals surface area (Å²) in [6.45, 7) is 0. The van der Waals surface area contributed by atoms with Crippen LogP contribution in [0.25, 0.3) is 0 Å². The van der Waals surface area contributed by atoms with E-state index in [1.165, 1.54) is 19.5 Å². The smallest absolute Gasteiger partial charge is 0.316 e. The highest BCUT2D eigenvalue weighted by Gasteiger charge is 2.17. The van der Waals surface area contributed by atoms with Crippen molar-refractivity contribution in [2.24, 2.45) is 0 Å². The van der Waals surface area contributed by atoms with Crippen LogP contribution in [0.3, 0.4) is 0 Å². The van der Waals surface area contributed by atoms with Crippen molar-refractivity contribution in [2.45, 2.75) is 0 Å². The number of halogens is 1. The minimum atomic E-state index is -0.899. The third-order valence-corrected chi connectivity index (χ3v) is 2.50. The first-order valence-corrected chi connectivity index (χ1v) is 5.79.